The molecule has 1 unspecified atom stereocenters. The first-order valence-electron chi connectivity index (χ1n) is 8.15. The van der Waals surface area contributed by atoms with Crippen LogP contribution in [0.2, 0.25) is 0 Å². The summed E-state index contributed by atoms with van der Waals surface area (Å²) in [6.07, 6.45) is 5.06. The van der Waals surface area contributed by atoms with Crippen molar-refractivity contribution in [3.63, 3.8) is 0 Å². The van der Waals surface area contributed by atoms with Crippen LogP contribution in [0.3, 0.4) is 0 Å². The van der Waals surface area contributed by atoms with E-state index in [2.05, 4.69) is 53.5 Å². The number of fused-ring (bicyclic) bond motifs is 1. The van der Waals surface area contributed by atoms with E-state index in [0.29, 0.717) is 12.6 Å². The molecule has 3 aromatic heterocycles. The van der Waals surface area contributed by atoms with Gasteiger partial charge in [-0.25, -0.2) is 9.98 Å². The molecule has 0 spiro atoms. The van der Waals surface area contributed by atoms with E-state index < -0.39 is 0 Å². The zero-order chi connectivity index (χ0) is 16.9. The predicted molar refractivity (Wildman–Crippen MR) is 103 cm³/mol. The van der Waals surface area contributed by atoms with Crippen molar-refractivity contribution in [1.29, 1.82) is 0 Å². The van der Waals surface area contributed by atoms with Crippen molar-refractivity contribution in [1.82, 2.24) is 20.0 Å². The van der Waals surface area contributed by atoms with E-state index in [9.17, 15) is 0 Å². The number of aryl methyl sites for hydroxylation is 1. The molecule has 1 atom stereocenters. The molecule has 0 aliphatic rings. The number of nitrogens with one attached hydrogen (secondary N) is 2. The topological polar surface area (TPSA) is 53.7 Å². The van der Waals surface area contributed by atoms with Crippen molar-refractivity contribution >= 4 is 33.6 Å². The maximum absolute atomic E-state index is 4.67. The molecule has 0 saturated carbocycles. The summed E-state index contributed by atoms with van der Waals surface area (Å²) >= 11 is 3.50. The normalized spacial score (nSPS) is 13.4. The van der Waals surface area contributed by atoms with Crippen LogP contribution in [0.25, 0.3) is 4.96 Å². The van der Waals surface area contributed by atoms with E-state index in [1.807, 2.05) is 33.5 Å². The van der Waals surface area contributed by atoms with Crippen LogP contribution in [-0.2, 0) is 13.0 Å². The molecule has 24 heavy (non-hydrogen) atoms. The van der Waals surface area contributed by atoms with Gasteiger partial charge in [0, 0.05) is 46.5 Å². The summed E-state index contributed by atoms with van der Waals surface area (Å²) in [6, 6.07) is 4.71. The van der Waals surface area contributed by atoms with Crippen molar-refractivity contribution < 1.29 is 0 Å². The average molecular weight is 362 g/mol. The largest absolute Gasteiger partial charge is 0.357 e. The van der Waals surface area contributed by atoms with Crippen LogP contribution in [0.4, 0.5) is 0 Å². The maximum Gasteiger partial charge on any atom is 0.193 e. The highest BCUT2D eigenvalue weighted by Gasteiger charge is 2.08. The second-order valence-electron chi connectivity index (χ2n) is 5.78. The van der Waals surface area contributed by atoms with Crippen molar-refractivity contribution in [2.24, 2.45) is 4.99 Å². The second kappa shape index (κ2) is 7.81. The predicted octanol–water partition coefficient (Wildman–Crippen LogP) is 3.45. The van der Waals surface area contributed by atoms with Gasteiger partial charge in [0.15, 0.2) is 10.9 Å². The van der Waals surface area contributed by atoms with E-state index in [0.717, 1.165) is 29.6 Å². The first kappa shape index (κ1) is 17.0. The number of imidazole rings is 1. The Morgan fingerprint density at radius 1 is 1.42 bits per heavy atom. The minimum atomic E-state index is 0.325. The van der Waals surface area contributed by atoms with Gasteiger partial charge in [-0.3, -0.25) is 4.40 Å². The molecule has 3 aromatic rings. The first-order chi connectivity index (χ1) is 11.6. The maximum atomic E-state index is 4.67. The molecule has 128 valence electrons. The summed E-state index contributed by atoms with van der Waals surface area (Å²) in [5.41, 5.74) is 0.987. The van der Waals surface area contributed by atoms with Gasteiger partial charge in [-0.2, -0.15) is 0 Å². The molecule has 0 saturated heterocycles. The summed E-state index contributed by atoms with van der Waals surface area (Å²) in [4.78, 5) is 13.0. The van der Waals surface area contributed by atoms with Crippen LogP contribution in [0.15, 0.2) is 34.9 Å². The monoisotopic (exact) mass is 361 g/mol. The lowest BCUT2D eigenvalue weighted by Crippen LogP contribution is -2.43. The lowest BCUT2D eigenvalue weighted by molar-refractivity contribution is 0.645. The molecule has 7 heteroatoms. The third-order valence-electron chi connectivity index (χ3n) is 3.57. The average Bonchev–Trinajstić information content (AvgIpc) is 3.21. The van der Waals surface area contributed by atoms with Gasteiger partial charge in [0.2, 0.25) is 0 Å². The molecule has 2 N–H and O–H groups in total. The zero-order valence-corrected chi connectivity index (χ0v) is 15.9. The van der Waals surface area contributed by atoms with Crippen LogP contribution in [-0.4, -0.2) is 27.9 Å². The summed E-state index contributed by atoms with van der Waals surface area (Å²) in [5.74, 6) is 0.842. The minimum Gasteiger partial charge on any atom is -0.357 e. The fourth-order valence-corrected chi connectivity index (χ4v) is 4.25. The fraction of sp³-hybridized carbons (Fsp3) is 0.412. The Bertz CT molecular complexity index is 785. The number of thiazole rings is 1. The number of thiophene rings is 1. The molecule has 5 nitrogen and oxygen atoms in total. The Morgan fingerprint density at radius 3 is 3.00 bits per heavy atom. The number of hydrogen-bond acceptors (Lipinski definition) is 4. The van der Waals surface area contributed by atoms with E-state index in [1.165, 1.54) is 9.75 Å². The van der Waals surface area contributed by atoms with Crippen molar-refractivity contribution in [3.8, 4) is 0 Å². The van der Waals surface area contributed by atoms with E-state index >= 15 is 0 Å². The fourth-order valence-electron chi connectivity index (χ4n) is 2.51. The highest BCUT2D eigenvalue weighted by molar-refractivity contribution is 7.15. The molecule has 0 aliphatic heterocycles. The van der Waals surface area contributed by atoms with Crippen LogP contribution in [0.1, 0.15) is 29.3 Å². The number of hydrogen-bond donors (Lipinski definition) is 2. The van der Waals surface area contributed by atoms with Gasteiger partial charge in [0.1, 0.15) is 0 Å². The van der Waals surface area contributed by atoms with Gasteiger partial charge < -0.3 is 10.6 Å². The molecule has 0 bridgehead atoms. The second-order valence-corrected chi connectivity index (χ2v) is 8.03. The van der Waals surface area contributed by atoms with Crippen LogP contribution < -0.4 is 10.6 Å². The highest BCUT2D eigenvalue weighted by Crippen LogP contribution is 2.16. The number of aliphatic imine (C=N–C) groups is 1. The molecule has 0 radical (unpaired) electrons. The Hall–Kier alpha value is -1.86. The van der Waals surface area contributed by atoms with Crippen LogP contribution in [0, 0.1) is 6.92 Å². The smallest absolute Gasteiger partial charge is 0.193 e. The number of aromatic nitrogens is 2. The van der Waals surface area contributed by atoms with Crippen molar-refractivity contribution in [2.45, 2.75) is 39.8 Å². The minimum absolute atomic E-state index is 0.325. The molecule has 0 fully saturated rings. The van der Waals surface area contributed by atoms with Crippen molar-refractivity contribution in [3.05, 3.63) is 45.4 Å². The molecule has 3 heterocycles. The summed E-state index contributed by atoms with van der Waals surface area (Å²) in [7, 11) is 0. The Morgan fingerprint density at radius 2 is 2.29 bits per heavy atom. The Kier molecular flexibility index (Phi) is 5.52. The summed E-state index contributed by atoms with van der Waals surface area (Å²) < 4.78 is 2.04. The summed E-state index contributed by atoms with van der Waals surface area (Å²) in [6.45, 7) is 7.84. The number of nitrogens with zero attached hydrogens (tertiary/aromatic N) is 3. The van der Waals surface area contributed by atoms with E-state index in [1.54, 1.807) is 11.3 Å². The molecule has 0 aliphatic carbocycles. The SMILES string of the molecule is CCNC(=NCc1cn2ccsc2n1)NC(C)Cc1ccc(C)s1. The van der Waals surface area contributed by atoms with Gasteiger partial charge in [-0.05, 0) is 32.9 Å². The van der Waals surface area contributed by atoms with Crippen LogP contribution >= 0.6 is 22.7 Å². The first-order valence-corrected chi connectivity index (χ1v) is 9.85. The van der Waals surface area contributed by atoms with E-state index in [-0.39, 0.29) is 0 Å². The molecule has 3 rings (SSSR count). The Balaban J connectivity index is 1.61. The van der Waals surface area contributed by atoms with Gasteiger partial charge in [0.25, 0.3) is 0 Å². The standard InChI is InChI=1S/C17H23N5S2/c1-4-18-16(20-12(2)9-15-6-5-13(3)24-15)19-10-14-11-22-7-8-23-17(22)21-14/h5-8,11-12H,4,9-10H2,1-3H3,(H2,18,19,20). The van der Waals surface area contributed by atoms with Gasteiger partial charge in [-0.15, -0.1) is 22.7 Å². The quantitative estimate of drug-likeness (QED) is 0.522. The van der Waals surface area contributed by atoms with Crippen LogP contribution in [0.5, 0.6) is 0 Å². The molecule has 0 amide bonds. The highest BCUT2D eigenvalue weighted by atomic mass is 32.1. The lowest BCUT2D eigenvalue weighted by atomic mass is 10.2. The molecular formula is C17H23N5S2. The van der Waals surface area contributed by atoms with Gasteiger partial charge >= 0.3 is 0 Å². The number of guanidine groups is 1. The van der Waals surface area contributed by atoms with Crippen molar-refractivity contribution in [2.75, 3.05) is 6.54 Å². The Labute approximate surface area is 150 Å². The summed E-state index contributed by atoms with van der Waals surface area (Å²) in [5, 5.41) is 8.84. The molecule has 0 aromatic carbocycles. The van der Waals surface area contributed by atoms with E-state index in [4.69, 9.17) is 0 Å². The van der Waals surface area contributed by atoms with Gasteiger partial charge in [-0.1, -0.05) is 0 Å². The lowest BCUT2D eigenvalue weighted by Gasteiger charge is -2.17. The van der Waals surface area contributed by atoms with Gasteiger partial charge in [0.05, 0.1) is 12.2 Å². The zero-order valence-electron chi connectivity index (χ0n) is 14.2. The third kappa shape index (κ3) is 4.36. The number of rotatable bonds is 6. The molecular weight excluding hydrogens is 338 g/mol. The third-order valence-corrected chi connectivity index (χ3v) is 5.37.